The summed E-state index contributed by atoms with van der Waals surface area (Å²) in [6.45, 7) is 2.98. The van der Waals surface area contributed by atoms with Gasteiger partial charge >= 0.3 is 0 Å². The van der Waals surface area contributed by atoms with Gasteiger partial charge < -0.3 is 10.5 Å². The molecule has 0 saturated carbocycles. The molecule has 1 aliphatic heterocycles. The largest absolute Gasteiger partial charge is 0.383 e. The van der Waals surface area contributed by atoms with E-state index in [0.29, 0.717) is 13.2 Å². The quantitative estimate of drug-likeness (QED) is 0.860. The van der Waals surface area contributed by atoms with Crippen LogP contribution < -0.4 is 5.73 Å². The van der Waals surface area contributed by atoms with Crippen LogP contribution in [0.15, 0.2) is 30.3 Å². The van der Waals surface area contributed by atoms with Crippen molar-refractivity contribution in [1.29, 1.82) is 0 Å². The van der Waals surface area contributed by atoms with Gasteiger partial charge in [-0.1, -0.05) is 18.2 Å². The maximum atomic E-state index is 11.9. The molecule has 1 fully saturated rings. The lowest BCUT2D eigenvalue weighted by Gasteiger charge is -2.11. The lowest BCUT2D eigenvalue weighted by Crippen LogP contribution is -2.29. The molecule has 0 bridgehead atoms. The molecule has 0 unspecified atom stereocenters. The van der Waals surface area contributed by atoms with Crippen molar-refractivity contribution in [2.75, 3.05) is 33.4 Å². The zero-order valence-corrected chi connectivity index (χ0v) is 10.0. The molecule has 0 amide bonds. The predicted molar refractivity (Wildman–Crippen MR) is 63.8 cm³/mol. The van der Waals surface area contributed by atoms with Crippen LogP contribution >= 0.6 is 0 Å². The summed E-state index contributed by atoms with van der Waals surface area (Å²) in [6.07, 6.45) is 0. The normalized spacial score (nSPS) is 19.8. The predicted octanol–water partition coefficient (Wildman–Crippen LogP) is 1.03. The number of hydrogen-bond acceptors (Lipinski definition) is 4. The van der Waals surface area contributed by atoms with Crippen molar-refractivity contribution in [3.05, 3.63) is 36.1 Å². The van der Waals surface area contributed by atoms with Crippen LogP contribution in [0.1, 0.15) is 0 Å². The minimum atomic E-state index is -0.178. The van der Waals surface area contributed by atoms with E-state index in [1.807, 2.05) is 5.06 Å². The molecule has 0 aliphatic carbocycles. The van der Waals surface area contributed by atoms with Crippen molar-refractivity contribution in [2.45, 2.75) is 6.04 Å². The Bertz CT molecular complexity index is 298. The second kappa shape index (κ2) is 8.14. The van der Waals surface area contributed by atoms with Crippen molar-refractivity contribution in [1.82, 2.24) is 5.06 Å². The van der Waals surface area contributed by atoms with Crippen LogP contribution in [-0.4, -0.2) is 44.5 Å². The SMILES string of the molecule is COCCN1C[C@@H](N)CO1.Fc1ccccc1. The van der Waals surface area contributed by atoms with Gasteiger partial charge in [-0.2, -0.15) is 5.06 Å². The first kappa shape index (κ1) is 14.1. The van der Waals surface area contributed by atoms with Gasteiger partial charge in [0.2, 0.25) is 0 Å². The van der Waals surface area contributed by atoms with Gasteiger partial charge in [0.25, 0.3) is 0 Å². The second-order valence-corrected chi connectivity index (χ2v) is 3.73. The highest BCUT2D eigenvalue weighted by atomic mass is 19.1. The van der Waals surface area contributed by atoms with Crippen LogP contribution in [0.5, 0.6) is 0 Å². The van der Waals surface area contributed by atoms with Crippen molar-refractivity contribution in [2.24, 2.45) is 5.73 Å². The van der Waals surface area contributed by atoms with Gasteiger partial charge in [-0.3, -0.25) is 4.84 Å². The molecule has 4 nitrogen and oxygen atoms in total. The van der Waals surface area contributed by atoms with Crippen molar-refractivity contribution >= 4 is 0 Å². The van der Waals surface area contributed by atoms with E-state index in [-0.39, 0.29) is 11.9 Å². The number of nitrogens with two attached hydrogens (primary N) is 1. The molecular weight excluding hydrogens is 223 g/mol. The van der Waals surface area contributed by atoms with Crippen LogP contribution in [0.3, 0.4) is 0 Å². The summed E-state index contributed by atoms with van der Waals surface area (Å²) in [5.41, 5.74) is 5.59. The molecule has 17 heavy (non-hydrogen) atoms. The summed E-state index contributed by atoms with van der Waals surface area (Å²) in [4.78, 5) is 5.20. The van der Waals surface area contributed by atoms with Crippen LogP contribution in [0.4, 0.5) is 4.39 Å². The summed E-state index contributed by atoms with van der Waals surface area (Å²) in [5.74, 6) is -0.178. The zero-order valence-electron chi connectivity index (χ0n) is 10.0. The van der Waals surface area contributed by atoms with Crippen molar-refractivity contribution < 1.29 is 14.0 Å². The Hall–Kier alpha value is -1.01. The molecule has 1 heterocycles. The first-order chi connectivity index (χ1) is 8.22. The molecule has 0 radical (unpaired) electrons. The molecular formula is C12H19FN2O2. The van der Waals surface area contributed by atoms with Crippen molar-refractivity contribution in [3.63, 3.8) is 0 Å². The molecule has 5 heteroatoms. The Morgan fingerprint density at radius 2 is 2.18 bits per heavy atom. The number of benzene rings is 1. The Kier molecular flexibility index (Phi) is 6.73. The zero-order chi connectivity index (χ0) is 12.5. The maximum absolute atomic E-state index is 11.9. The van der Waals surface area contributed by atoms with E-state index in [1.165, 1.54) is 12.1 Å². The molecule has 2 N–H and O–H groups in total. The fraction of sp³-hybridized carbons (Fsp3) is 0.500. The maximum Gasteiger partial charge on any atom is 0.123 e. The highest BCUT2D eigenvalue weighted by Crippen LogP contribution is 2.01. The molecule has 1 atom stereocenters. The van der Waals surface area contributed by atoms with Gasteiger partial charge in [-0.05, 0) is 12.1 Å². The first-order valence-electron chi connectivity index (χ1n) is 5.55. The highest BCUT2D eigenvalue weighted by molar-refractivity contribution is 5.02. The summed E-state index contributed by atoms with van der Waals surface area (Å²) >= 11 is 0. The topological polar surface area (TPSA) is 47.7 Å². The van der Waals surface area contributed by atoms with Gasteiger partial charge in [0.05, 0.1) is 13.2 Å². The summed E-state index contributed by atoms with van der Waals surface area (Å²) < 4.78 is 16.8. The molecule has 1 aromatic rings. The van der Waals surface area contributed by atoms with E-state index < -0.39 is 0 Å². The Labute approximate surface area is 101 Å². The Morgan fingerprint density at radius 3 is 2.59 bits per heavy atom. The Morgan fingerprint density at radius 1 is 1.47 bits per heavy atom. The highest BCUT2D eigenvalue weighted by Gasteiger charge is 2.18. The third-order valence-corrected chi connectivity index (χ3v) is 2.19. The number of rotatable bonds is 3. The average molecular weight is 242 g/mol. The van der Waals surface area contributed by atoms with Gasteiger partial charge in [0.15, 0.2) is 0 Å². The number of ether oxygens (including phenoxy) is 1. The smallest absolute Gasteiger partial charge is 0.123 e. The minimum absolute atomic E-state index is 0.178. The molecule has 1 saturated heterocycles. The van der Waals surface area contributed by atoms with Gasteiger partial charge in [-0.25, -0.2) is 4.39 Å². The number of halogens is 1. The van der Waals surface area contributed by atoms with Crippen LogP contribution in [0, 0.1) is 5.82 Å². The van der Waals surface area contributed by atoms with E-state index in [1.54, 1.807) is 25.3 Å². The third kappa shape index (κ3) is 6.33. The molecule has 1 aromatic carbocycles. The monoisotopic (exact) mass is 242 g/mol. The van der Waals surface area contributed by atoms with E-state index in [9.17, 15) is 4.39 Å². The van der Waals surface area contributed by atoms with E-state index >= 15 is 0 Å². The Balaban J connectivity index is 0.000000181. The number of hydrogen-bond donors (Lipinski definition) is 1. The fourth-order valence-electron chi connectivity index (χ4n) is 1.33. The lowest BCUT2D eigenvalue weighted by atomic mass is 10.3. The lowest BCUT2D eigenvalue weighted by molar-refractivity contribution is -0.118. The molecule has 0 spiro atoms. The molecule has 96 valence electrons. The minimum Gasteiger partial charge on any atom is -0.383 e. The van der Waals surface area contributed by atoms with E-state index in [4.69, 9.17) is 15.3 Å². The van der Waals surface area contributed by atoms with E-state index in [2.05, 4.69) is 0 Å². The molecule has 1 aliphatic rings. The summed E-state index contributed by atoms with van der Waals surface area (Å²) in [7, 11) is 1.68. The van der Waals surface area contributed by atoms with Crippen LogP contribution in [0.2, 0.25) is 0 Å². The second-order valence-electron chi connectivity index (χ2n) is 3.73. The fourth-order valence-corrected chi connectivity index (χ4v) is 1.33. The summed E-state index contributed by atoms with van der Waals surface area (Å²) in [5, 5.41) is 1.84. The van der Waals surface area contributed by atoms with Crippen LogP contribution in [-0.2, 0) is 9.57 Å². The number of nitrogens with zero attached hydrogens (tertiary/aromatic N) is 1. The number of methoxy groups -OCH3 is 1. The van der Waals surface area contributed by atoms with Gasteiger partial charge in [0.1, 0.15) is 5.82 Å². The first-order valence-corrected chi connectivity index (χ1v) is 5.55. The number of hydroxylamine groups is 2. The third-order valence-electron chi connectivity index (χ3n) is 2.19. The average Bonchev–Trinajstić information content (AvgIpc) is 2.74. The van der Waals surface area contributed by atoms with E-state index in [0.717, 1.165) is 13.1 Å². The van der Waals surface area contributed by atoms with Gasteiger partial charge in [0, 0.05) is 26.2 Å². The van der Waals surface area contributed by atoms with Gasteiger partial charge in [-0.15, -0.1) is 0 Å². The van der Waals surface area contributed by atoms with Crippen LogP contribution in [0.25, 0.3) is 0 Å². The molecule has 2 rings (SSSR count). The van der Waals surface area contributed by atoms with Crippen molar-refractivity contribution in [3.8, 4) is 0 Å². The molecule has 0 aromatic heterocycles. The standard InChI is InChI=1S/C6H5F.C6H14N2O2/c7-6-4-2-1-3-5-6;1-9-3-2-8-4-6(7)5-10-8/h1-5H;6H,2-5,7H2,1H3/t;6-/m.1/s1. The summed E-state index contributed by atoms with van der Waals surface area (Å²) in [6, 6.07) is 8.12.